The van der Waals surface area contributed by atoms with Crippen molar-refractivity contribution in [2.24, 2.45) is 0 Å². The zero-order valence-corrected chi connectivity index (χ0v) is 13.1. The van der Waals surface area contributed by atoms with Crippen molar-refractivity contribution in [3.05, 3.63) is 52.8 Å². The lowest BCUT2D eigenvalue weighted by Gasteiger charge is -2.20. The summed E-state index contributed by atoms with van der Waals surface area (Å²) in [7, 11) is 0. The molecule has 23 heavy (non-hydrogen) atoms. The van der Waals surface area contributed by atoms with Crippen molar-refractivity contribution >= 4 is 23.5 Å². The predicted octanol–water partition coefficient (Wildman–Crippen LogP) is 2.27. The number of carboxylic acid groups (broad SMARTS) is 1. The average Bonchev–Trinajstić information content (AvgIpc) is 3.18. The fourth-order valence-electron chi connectivity index (χ4n) is 2.79. The molecule has 0 radical (unpaired) electrons. The number of benzene rings is 1. The number of carbonyl (C=O) groups is 2. The molecule has 1 aromatic heterocycles. The minimum Gasteiger partial charge on any atom is -0.480 e. The van der Waals surface area contributed by atoms with Crippen molar-refractivity contribution in [3.8, 4) is 0 Å². The molecule has 2 aromatic rings. The first-order chi connectivity index (χ1) is 11.1. The SMILES string of the molecule is O=C(O)[C@H]1CCCN1C(=O)c1cnn(Cc2ccccc2Cl)c1. The lowest BCUT2D eigenvalue weighted by molar-refractivity contribution is -0.141. The van der Waals surface area contributed by atoms with Crippen LogP contribution in [0, 0.1) is 0 Å². The molecule has 0 spiro atoms. The second kappa shape index (κ2) is 6.42. The van der Waals surface area contributed by atoms with Crippen LogP contribution in [0.5, 0.6) is 0 Å². The molecule has 0 aliphatic carbocycles. The Morgan fingerprint density at radius 1 is 1.35 bits per heavy atom. The molecule has 1 aromatic carbocycles. The Hall–Kier alpha value is -2.34. The number of hydrogen-bond donors (Lipinski definition) is 1. The highest BCUT2D eigenvalue weighted by Crippen LogP contribution is 2.21. The monoisotopic (exact) mass is 333 g/mol. The summed E-state index contributed by atoms with van der Waals surface area (Å²) in [5, 5.41) is 14.0. The van der Waals surface area contributed by atoms with E-state index < -0.39 is 12.0 Å². The number of carbonyl (C=O) groups excluding carboxylic acids is 1. The number of amides is 1. The highest BCUT2D eigenvalue weighted by Gasteiger charge is 2.34. The Morgan fingerprint density at radius 3 is 2.87 bits per heavy atom. The summed E-state index contributed by atoms with van der Waals surface area (Å²) < 4.78 is 1.63. The van der Waals surface area contributed by atoms with E-state index in [-0.39, 0.29) is 5.91 Å². The number of rotatable bonds is 4. The standard InChI is InChI=1S/C16H16ClN3O3/c17-13-5-2-1-4-11(13)9-19-10-12(8-18-19)15(21)20-7-3-6-14(20)16(22)23/h1-2,4-5,8,10,14H,3,6-7,9H2,(H,22,23)/t14-/m1/s1. The van der Waals surface area contributed by atoms with Gasteiger partial charge < -0.3 is 10.0 Å². The molecule has 120 valence electrons. The highest BCUT2D eigenvalue weighted by molar-refractivity contribution is 6.31. The van der Waals surface area contributed by atoms with Gasteiger partial charge in [-0.05, 0) is 24.5 Å². The maximum absolute atomic E-state index is 12.5. The van der Waals surface area contributed by atoms with Crippen molar-refractivity contribution in [1.29, 1.82) is 0 Å². The normalized spacial score (nSPS) is 17.4. The van der Waals surface area contributed by atoms with Crippen LogP contribution in [0.3, 0.4) is 0 Å². The maximum atomic E-state index is 12.5. The van der Waals surface area contributed by atoms with Gasteiger partial charge >= 0.3 is 5.97 Å². The fraction of sp³-hybridized carbons (Fsp3) is 0.312. The third-order valence-corrected chi connectivity index (χ3v) is 4.34. The van der Waals surface area contributed by atoms with Gasteiger partial charge in [-0.25, -0.2) is 4.79 Å². The van der Waals surface area contributed by atoms with Gasteiger partial charge in [-0.15, -0.1) is 0 Å². The van der Waals surface area contributed by atoms with E-state index in [0.717, 1.165) is 5.56 Å². The number of likely N-dealkylation sites (tertiary alicyclic amines) is 1. The van der Waals surface area contributed by atoms with Crippen molar-refractivity contribution in [2.75, 3.05) is 6.54 Å². The number of halogens is 1. The summed E-state index contributed by atoms with van der Waals surface area (Å²) in [6, 6.07) is 6.69. The third kappa shape index (κ3) is 3.22. The zero-order chi connectivity index (χ0) is 16.4. The molecule has 0 saturated carbocycles. The molecule has 3 rings (SSSR count). The summed E-state index contributed by atoms with van der Waals surface area (Å²) in [6.07, 6.45) is 4.30. The Labute approximate surface area is 138 Å². The molecule has 1 aliphatic heterocycles. The maximum Gasteiger partial charge on any atom is 0.326 e. The number of aromatic nitrogens is 2. The van der Waals surface area contributed by atoms with E-state index in [1.165, 1.54) is 11.1 Å². The van der Waals surface area contributed by atoms with Crippen molar-refractivity contribution in [2.45, 2.75) is 25.4 Å². The molecule has 1 saturated heterocycles. The van der Waals surface area contributed by atoms with Gasteiger partial charge in [-0.3, -0.25) is 9.48 Å². The van der Waals surface area contributed by atoms with Gasteiger partial charge in [-0.2, -0.15) is 5.10 Å². The van der Waals surface area contributed by atoms with Crippen molar-refractivity contribution < 1.29 is 14.7 Å². The van der Waals surface area contributed by atoms with Crippen LogP contribution in [0.15, 0.2) is 36.7 Å². The lowest BCUT2D eigenvalue weighted by Crippen LogP contribution is -2.40. The Balaban J connectivity index is 1.75. The molecular formula is C16H16ClN3O3. The molecule has 0 unspecified atom stereocenters. The minimum atomic E-state index is -0.959. The molecule has 1 amide bonds. The summed E-state index contributed by atoms with van der Waals surface area (Å²) in [5.41, 5.74) is 1.30. The Morgan fingerprint density at radius 2 is 2.13 bits per heavy atom. The first-order valence-corrected chi connectivity index (χ1v) is 7.73. The van der Waals surface area contributed by atoms with Gasteiger partial charge in [0, 0.05) is 17.8 Å². The van der Waals surface area contributed by atoms with Crippen LogP contribution in [0.25, 0.3) is 0 Å². The first-order valence-electron chi connectivity index (χ1n) is 7.36. The second-order valence-corrected chi connectivity index (χ2v) is 5.92. The van der Waals surface area contributed by atoms with E-state index in [0.29, 0.717) is 36.5 Å². The zero-order valence-electron chi connectivity index (χ0n) is 12.4. The fourth-order valence-corrected chi connectivity index (χ4v) is 2.99. The predicted molar refractivity (Wildman–Crippen MR) is 84.5 cm³/mol. The van der Waals surface area contributed by atoms with E-state index in [9.17, 15) is 14.7 Å². The van der Waals surface area contributed by atoms with E-state index in [1.807, 2.05) is 18.2 Å². The van der Waals surface area contributed by atoms with E-state index >= 15 is 0 Å². The smallest absolute Gasteiger partial charge is 0.326 e. The summed E-state index contributed by atoms with van der Waals surface area (Å²) in [6.45, 7) is 0.917. The number of hydrogen-bond acceptors (Lipinski definition) is 3. The molecule has 1 atom stereocenters. The highest BCUT2D eigenvalue weighted by atomic mass is 35.5. The van der Waals surface area contributed by atoms with E-state index in [4.69, 9.17) is 11.6 Å². The summed E-state index contributed by atoms with van der Waals surface area (Å²) in [5.74, 6) is -1.25. The lowest BCUT2D eigenvalue weighted by atomic mass is 10.2. The molecule has 0 bridgehead atoms. The van der Waals surface area contributed by atoms with Gasteiger partial charge in [0.05, 0.1) is 18.3 Å². The van der Waals surface area contributed by atoms with Crippen LogP contribution in [0.2, 0.25) is 5.02 Å². The Kier molecular flexibility index (Phi) is 4.34. The van der Waals surface area contributed by atoms with E-state index in [2.05, 4.69) is 5.10 Å². The second-order valence-electron chi connectivity index (χ2n) is 5.51. The molecular weight excluding hydrogens is 318 g/mol. The third-order valence-electron chi connectivity index (χ3n) is 3.97. The summed E-state index contributed by atoms with van der Waals surface area (Å²) >= 11 is 6.12. The number of aliphatic carboxylic acids is 1. The van der Waals surface area contributed by atoms with Crippen molar-refractivity contribution in [1.82, 2.24) is 14.7 Å². The van der Waals surface area contributed by atoms with Crippen LogP contribution >= 0.6 is 11.6 Å². The molecule has 2 heterocycles. The van der Waals surface area contributed by atoms with Gasteiger partial charge in [-0.1, -0.05) is 29.8 Å². The summed E-state index contributed by atoms with van der Waals surface area (Å²) in [4.78, 5) is 25.1. The van der Waals surface area contributed by atoms with Gasteiger partial charge in [0.15, 0.2) is 0 Å². The minimum absolute atomic E-state index is 0.291. The molecule has 6 nitrogen and oxygen atoms in total. The van der Waals surface area contributed by atoms with Crippen LogP contribution in [0.1, 0.15) is 28.8 Å². The van der Waals surface area contributed by atoms with Gasteiger partial charge in [0.1, 0.15) is 6.04 Å². The molecule has 1 fully saturated rings. The molecule has 1 aliphatic rings. The Bertz CT molecular complexity index is 744. The quantitative estimate of drug-likeness (QED) is 0.931. The van der Waals surface area contributed by atoms with Crippen LogP contribution < -0.4 is 0 Å². The van der Waals surface area contributed by atoms with Crippen LogP contribution in [-0.2, 0) is 11.3 Å². The van der Waals surface area contributed by atoms with Crippen LogP contribution in [0.4, 0.5) is 0 Å². The topological polar surface area (TPSA) is 75.4 Å². The van der Waals surface area contributed by atoms with Gasteiger partial charge in [0.25, 0.3) is 5.91 Å². The average molecular weight is 334 g/mol. The molecule has 7 heteroatoms. The van der Waals surface area contributed by atoms with Crippen molar-refractivity contribution in [3.63, 3.8) is 0 Å². The number of carboxylic acids is 1. The first kappa shape index (κ1) is 15.6. The number of nitrogens with zero attached hydrogens (tertiary/aromatic N) is 3. The van der Waals surface area contributed by atoms with Gasteiger partial charge in [0.2, 0.25) is 0 Å². The van der Waals surface area contributed by atoms with E-state index in [1.54, 1.807) is 16.9 Å². The van der Waals surface area contributed by atoms with Crippen LogP contribution in [-0.4, -0.2) is 44.3 Å². The molecule has 1 N–H and O–H groups in total. The largest absolute Gasteiger partial charge is 0.480 e.